The lowest BCUT2D eigenvalue weighted by Crippen LogP contribution is -2.21. The zero-order valence-electron chi connectivity index (χ0n) is 12.8. The molecule has 3 rings (SSSR count). The molecule has 0 bridgehead atoms. The maximum atomic E-state index is 13.1. The molecule has 23 heavy (non-hydrogen) atoms. The summed E-state index contributed by atoms with van der Waals surface area (Å²) in [6.07, 6.45) is -0.155. The monoisotopic (exact) mass is 395 g/mol. The van der Waals surface area contributed by atoms with Crippen molar-refractivity contribution < 1.29 is 13.6 Å². The molecule has 0 aliphatic carbocycles. The van der Waals surface area contributed by atoms with Gasteiger partial charge in [-0.15, -0.1) is 0 Å². The van der Waals surface area contributed by atoms with Gasteiger partial charge in [-0.3, -0.25) is 9.88 Å². The van der Waals surface area contributed by atoms with Crippen LogP contribution in [0.25, 0.3) is 0 Å². The van der Waals surface area contributed by atoms with E-state index in [0.717, 1.165) is 15.6 Å². The third-order valence-electron chi connectivity index (χ3n) is 3.66. The van der Waals surface area contributed by atoms with E-state index in [2.05, 4.69) is 21.2 Å². The summed E-state index contributed by atoms with van der Waals surface area (Å²) in [5, 5.41) is 3.35. The van der Waals surface area contributed by atoms with Gasteiger partial charge < -0.3 is 9.05 Å². The molecule has 3 atom stereocenters. The lowest BCUT2D eigenvalue weighted by Gasteiger charge is -2.24. The van der Waals surface area contributed by atoms with Gasteiger partial charge in [0.15, 0.2) is 0 Å². The summed E-state index contributed by atoms with van der Waals surface area (Å²) in [5.74, 6) is -0.485. The van der Waals surface area contributed by atoms with Gasteiger partial charge in [-0.05, 0) is 30.2 Å². The summed E-state index contributed by atoms with van der Waals surface area (Å²) >= 11 is 3.42. The van der Waals surface area contributed by atoms with E-state index in [1.165, 1.54) is 0 Å². The van der Waals surface area contributed by atoms with Gasteiger partial charge in [0.05, 0.1) is 12.7 Å². The maximum Gasteiger partial charge on any atom is 0.352 e. The zero-order chi connectivity index (χ0) is 16.3. The molecule has 1 saturated heterocycles. The molecule has 1 aliphatic heterocycles. The molecule has 1 heterocycles. The summed E-state index contributed by atoms with van der Waals surface area (Å²) in [6, 6.07) is 17.7. The van der Waals surface area contributed by atoms with E-state index in [1.54, 1.807) is 0 Å². The summed E-state index contributed by atoms with van der Waals surface area (Å²) < 4.78 is 25.3. The predicted octanol–water partition coefficient (Wildman–Crippen LogP) is 4.87. The Kier molecular flexibility index (Phi) is 5.34. The molecule has 4 nitrogen and oxygen atoms in total. The molecule has 0 radical (unpaired) electrons. The molecule has 0 saturated carbocycles. The second kappa shape index (κ2) is 7.29. The molecule has 0 amide bonds. The van der Waals surface area contributed by atoms with Crippen molar-refractivity contribution in [1.82, 2.24) is 5.32 Å². The Bertz CT molecular complexity index is 693. The molecule has 1 N–H and O–H groups in total. The fourth-order valence-corrected chi connectivity index (χ4v) is 4.95. The molecule has 2 aromatic rings. The first-order chi connectivity index (χ1) is 11.1. The summed E-state index contributed by atoms with van der Waals surface area (Å²) in [4.78, 5) is 0. The first kappa shape index (κ1) is 16.9. The standard InChI is InChI=1S/C17H19BrNO3P/c1-13-12-21-23(20,22-13)17(15-7-9-16(18)10-8-15)19-11-14-5-3-2-4-6-14/h2-10,13,17,19H,11-12H2,1H3/t13-,17+,23-/m1/s1. The van der Waals surface area contributed by atoms with Crippen LogP contribution in [0.15, 0.2) is 59.1 Å². The van der Waals surface area contributed by atoms with E-state index in [0.29, 0.717) is 13.2 Å². The fourth-order valence-electron chi connectivity index (χ4n) is 2.52. The minimum absolute atomic E-state index is 0.155. The fraction of sp³-hybridized carbons (Fsp3) is 0.294. The van der Waals surface area contributed by atoms with Crippen LogP contribution in [0.2, 0.25) is 0 Å². The minimum atomic E-state index is -3.24. The van der Waals surface area contributed by atoms with Crippen LogP contribution in [0.3, 0.4) is 0 Å². The molecule has 122 valence electrons. The second-order valence-electron chi connectivity index (χ2n) is 5.57. The molecule has 0 unspecified atom stereocenters. The van der Waals surface area contributed by atoms with Crippen molar-refractivity contribution in [1.29, 1.82) is 0 Å². The molecule has 0 aromatic heterocycles. The van der Waals surface area contributed by atoms with E-state index in [9.17, 15) is 4.57 Å². The van der Waals surface area contributed by atoms with Gasteiger partial charge in [0.1, 0.15) is 5.78 Å². The Hall–Kier alpha value is -0.970. The molecule has 1 aliphatic rings. The average Bonchev–Trinajstić information content (AvgIpc) is 2.90. The van der Waals surface area contributed by atoms with Crippen molar-refractivity contribution in [3.8, 4) is 0 Å². The third-order valence-corrected chi connectivity index (χ3v) is 6.46. The van der Waals surface area contributed by atoms with Gasteiger partial charge in [-0.2, -0.15) is 0 Å². The van der Waals surface area contributed by atoms with E-state index < -0.39 is 13.4 Å². The van der Waals surface area contributed by atoms with E-state index in [-0.39, 0.29) is 6.10 Å². The van der Waals surface area contributed by atoms with Gasteiger partial charge in [0.25, 0.3) is 0 Å². The first-order valence-corrected chi connectivity index (χ1v) is 9.93. The van der Waals surface area contributed by atoms with Crippen molar-refractivity contribution in [3.05, 3.63) is 70.2 Å². The van der Waals surface area contributed by atoms with Crippen LogP contribution in [0.1, 0.15) is 23.8 Å². The van der Waals surface area contributed by atoms with Crippen LogP contribution in [0, 0.1) is 0 Å². The highest BCUT2D eigenvalue weighted by Gasteiger charge is 2.43. The molecule has 6 heteroatoms. The van der Waals surface area contributed by atoms with Crippen molar-refractivity contribution in [3.63, 3.8) is 0 Å². The maximum absolute atomic E-state index is 13.1. The Morgan fingerprint density at radius 1 is 1.22 bits per heavy atom. The number of hydrogen-bond acceptors (Lipinski definition) is 4. The van der Waals surface area contributed by atoms with Crippen LogP contribution >= 0.6 is 23.5 Å². The number of benzene rings is 2. The lowest BCUT2D eigenvalue weighted by atomic mass is 10.2. The first-order valence-electron chi connectivity index (χ1n) is 7.52. The molecule has 0 spiro atoms. The topological polar surface area (TPSA) is 47.6 Å². The van der Waals surface area contributed by atoms with Crippen molar-refractivity contribution in [2.45, 2.75) is 25.4 Å². The Labute approximate surface area is 144 Å². The summed E-state index contributed by atoms with van der Waals surface area (Å²) in [5.41, 5.74) is 2.01. The highest BCUT2D eigenvalue weighted by Crippen LogP contribution is 2.63. The van der Waals surface area contributed by atoms with Crippen LogP contribution < -0.4 is 5.32 Å². The van der Waals surface area contributed by atoms with Crippen LogP contribution in [0.4, 0.5) is 0 Å². The van der Waals surface area contributed by atoms with Gasteiger partial charge in [0.2, 0.25) is 0 Å². The summed E-state index contributed by atoms with van der Waals surface area (Å²) in [7, 11) is -3.24. The number of halogens is 1. The molecule has 2 aromatic carbocycles. The van der Waals surface area contributed by atoms with Crippen LogP contribution in [-0.2, 0) is 20.2 Å². The second-order valence-corrected chi connectivity index (χ2v) is 8.55. The van der Waals surface area contributed by atoms with E-state index >= 15 is 0 Å². The Morgan fingerprint density at radius 3 is 2.52 bits per heavy atom. The van der Waals surface area contributed by atoms with Gasteiger partial charge in [0, 0.05) is 11.0 Å². The number of hydrogen-bond donors (Lipinski definition) is 1. The zero-order valence-corrected chi connectivity index (χ0v) is 15.3. The van der Waals surface area contributed by atoms with Crippen molar-refractivity contribution in [2.24, 2.45) is 0 Å². The van der Waals surface area contributed by atoms with Crippen molar-refractivity contribution in [2.75, 3.05) is 6.61 Å². The SMILES string of the molecule is C[C@@H]1CO[P@](=O)([C@H](NCc2ccccc2)c2ccc(Br)cc2)O1. The summed E-state index contributed by atoms with van der Waals surface area (Å²) in [6.45, 7) is 2.82. The highest BCUT2D eigenvalue weighted by atomic mass is 79.9. The quantitative estimate of drug-likeness (QED) is 0.733. The van der Waals surface area contributed by atoms with E-state index in [1.807, 2.05) is 61.5 Å². The molecular weight excluding hydrogens is 377 g/mol. The van der Waals surface area contributed by atoms with Crippen LogP contribution in [0.5, 0.6) is 0 Å². The van der Waals surface area contributed by atoms with Gasteiger partial charge >= 0.3 is 7.60 Å². The average molecular weight is 396 g/mol. The predicted molar refractivity (Wildman–Crippen MR) is 94.3 cm³/mol. The van der Waals surface area contributed by atoms with Crippen molar-refractivity contribution >= 4 is 23.5 Å². The molecular formula is C17H19BrNO3P. The lowest BCUT2D eigenvalue weighted by molar-refractivity contribution is 0.253. The largest absolute Gasteiger partial charge is 0.352 e. The van der Waals surface area contributed by atoms with Gasteiger partial charge in [-0.1, -0.05) is 58.4 Å². The molecule has 1 fully saturated rings. The third kappa shape index (κ3) is 4.11. The number of rotatable bonds is 5. The normalized spacial score (nSPS) is 25.4. The van der Waals surface area contributed by atoms with E-state index in [4.69, 9.17) is 9.05 Å². The number of nitrogens with one attached hydrogen (secondary N) is 1. The minimum Gasteiger partial charge on any atom is -0.304 e. The van der Waals surface area contributed by atoms with Crippen LogP contribution in [-0.4, -0.2) is 12.7 Å². The highest BCUT2D eigenvalue weighted by molar-refractivity contribution is 9.10. The smallest absolute Gasteiger partial charge is 0.304 e. The Balaban J connectivity index is 1.84. The Morgan fingerprint density at radius 2 is 1.91 bits per heavy atom. The van der Waals surface area contributed by atoms with Gasteiger partial charge in [-0.25, -0.2) is 0 Å².